The Morgan fingerprint density at radius 2 is 1.81 bits per heavy atom. The molecule has 0 aliphatic carbocycles. The van der Waals surface area contributed by atoms with E-state index in [4.69, 9.17) is 4.74 Å². The molecule has 2 N–H and O–H groups in total. The summed E-state index contributed by atoms with van der Waals surface area (Å²) in [5.74, 6) is 0.269. The zero-order valence-corrected chi connectivity index (χ0v) is 18.1. The summed E-state index contributed by atoms with van der Waals surface area (Å²) in [5.41, 5.74) is 0.0349. The number of aromatic amines is 1. The Labute approximate surface area is 187 Å². The summed E-state index contributed by atoms with van der Waals surface area (Å²) < 4.78 is 49.5. The molecule has 0 bridgehead atoms. The van der Waals surface area contributed by atoms with Crippen molar-refractivity contribution >= 4 is 39.5 Å². The molecule has 3 aromatic carbocycles. The summed E-state index contributed by atoms with van der Waals surface area (Å²) in [6.07, 6.45) is -2.14. The van der Waals surface area contributed by atoms with Crippen molar-refractivity contribution in [2.75, 3.05) is 12.9 Å². The van der Waals surface area contributed by atoms with Gasteiger partial charge in [0.15, 0.2) is 0 Å². The second kappa shape index (κ2) is 9.16. The molecule has 0 saturated heterocycles. The molecule has 4 rings (SSSR count). The third-order valence-electron chi connectivity index (χ3n) is 5.23. The molecule has 1 amide bonds. The maximum atomic E-state index is 13.7. The first-order valence-electron chi connectivity index (χ1n) is 10.0. The van der Waals surface area contributed by atoms with E-state index in [0.717, 1.165) is 34.5 Å². The van der Waals surface area contributed by atoms with Gasteiger partial charge in [0.2, 0.25) is 0 Å². The van der Waals surface area contributed by atoms with Crippen molar-refractivity contribution in [1.29, 1.82) is 0 Å². The van der Waals surface area contributed by atoms with E-state index in [2.05, 4.69) is 9.71 Å². The van der Waals surface area contributed by atoms with Crippen LogP contribution in [0.1, 0.15) is 28.0 Å². The third kappa shape index (κ3) is 4.41. The summed E-state index contributed by atoms with van der Waals surface area (Å²) in [7, 11) is 0. The van der Waals surface area contributed by atoms with E-state index in [-0.39, 0.29) is 23.0 Å². The van der Waals surface area contributed by atoms with Gasteiger partial charge in [-0.05, 0) is 42.0 Å². The van der Waals surface area contributed by atoms with Crippen LogP contribution in [0, 0.1) is 0 Å². The SMILES string of the molecule is CSNC(=O)c1[nH]c2cccc(C(F)(F)F)c2c1CCCOc1cccc2ccccc12. The highest BCUT2D eigenvalue weighted by Gasteiger charge is 2.34. The first kappa shape index (κ1) is 22.1. The van der Waals surface area contributed by atoms with Gasteiger partial charge in [-0.2, -0.15) is 13.2 Å². The Kier molecular flexibility index (Phi) is 6.32. The zero-order valence-electron chi connectivity index (χ0n) is 17.3. The van der Waals surface area contributed by atoms with Gasteiger partial charge in [-0.15, -0.1) is 0 Å². The highest BCUT2D eigenvalue weighted by Crippen LogP contribution is 2.38. The van der Waals surface area contributed by atoms with Crippen molar-refractivity contribution in [3.05, 3.63) is 77.5 Å². The van der Waals surface area contributed by atoms with Crippen molar-refractivity contribution in [1.82, 2.24) is 9.71 Å². The zero-order chi connectivity index (χ0) is 22.7. The highest BCUT2D eigenvalue weighted by molar-refractivity contribution is 7.97. The Bertz CT molecular complexity index is 1260. The Morgan fingerprint density at radius 3 is 2.59 bits per heavy atom. The Hall–Kier alpha value is -3.13. The van der Waals surface area contributed by atoms with Gasteiger partial charge < -0.3 is 9.72 Å². The smallest absolute Gasteiger partial charge is 0.417 e. The average molecular weight is 459 g/mol. The molecule has 1 aromatic heterocycles. The van der Waals surface area contributed by atoms with Crippen LogP contribution in [0.25, 0.3) is 21.7 Å². The highest BCUT2D eigenvalue weighted by atomic mass is 32.2. The van der Waals surface area contributed by atoms with E-state index in [9.17, 15) is 18.0 Å². The molecule has 0 unspecified atom stereocenters. The predicted octanol–water partition coefficient (Wildman–Crippen LogP) is 6.36. The molecule has 0 radical (unpaired) electrons. The van der Waals surface area contributed by atoms with Gasteiger partial charge in [0.05, 0.1) is 12.2 Å². The molecule has 1 heterocycles. The fourth-order valence-electron chi connectivity index (χ4n) is 3.89. The van der Waals surface area contributed by atoms with Crippen LogP contribution in [0.15, 0.2) is 60.7 Å². The number of rotatable bonds is 7. The number of hydrogen-bond donors (Lipinski definition) is 2. The van der Waals surface area contributed by atoms with E-state index in [1.54, 1.807) is 12.3 Å². The molecular weight excluding hydrogens is 437 g/mol. The molecular formula is C24H21F3N2O2S. The van der Waals surface area contributed by atoms with Crippen LogP contribution in [0.4, 0.5) is 13.2 Å². The van der Waals surface area contributed by atoms with E-state index in [1.165, 1.54) is 6.07 Å². The van der Waals surface area contributed by atoms with Crippen LogP contribution in [-0.2, 0) is 12.6 Å². The monoisotopic (exact) mass is 458 g/mol. The number of halogens is 3. The molecule has 166 valence electrons. The first-order valence-corrected chi connectivity index (χ1v) is 11.3. The van der Waals surface area contributed by atoms with E-state index >= 15 is 0 Å². The maximum Gasteiger partial charge on any atom is 0.417 e. The van der Waals surface area contributed by atoms with Gasteiger partial charge in [-0.1, -0.05) is 54.4 Å². The Balaban J connectivity index is 1.61. The number of aryl methyl sites for hydroxylation is 1. The maximum absolute atomic E-state index is 13.7. The second-order valence-corrected chi connectivity index (χ2v) is 7.88. The lowest BCUT2D eigenvalue weighted by Gasteiger charge is -2.12. The van der Waals surface area contributed by atoms with Crippen molar-refractivity contribution in [3.8, 4) is 5.75 Å². The topological polar surface area (TPSA) is 54.1 Å². The lowest BCUT2D eigenvalue weighted by Crippen LogP contribution is -2.17. The molecule has 0 aliphatic rings. The van der Waals surface area contributed by atoms with E-state index < -0.39 is 17.6 Å². The molecule has 8 heteroatoms. The minimum Gasteiger partial charge on any atom is -0.493 e. The molecule has 0 fully saturated rings. The number of carbonyl (C=O) groups excluding carboxylic acids is 1. The van der Waals surface area contributed by atoms with Crippen molar-refractivity contribution < 1.29 is 22.7 Å². The second-order valence-electron chi connectivity index (χ2n) is 7.27. The molecule has 4 aromatic rings. The molecule has 0 atom stereocenters. The lowest BCUT2D eigenvalue weighted by molar-refractivity contribution is -0.136. The number of fused-ring (bicyclic) bond motifs is 2. The number of alkyl halides is 3. The van der Waals surface area contributed by atoms with E-state index in [1.807, 2.05) is 42.5 Å². The summed E-state index contributed by atoms with van der Waals surface area (Å²) in [6.45, 7) is 0.304. The van der Waals surface area contributed by atoms with Gasteiger partial charge in [0.1, 0.15) is 11.4 Å². The largest absolute Gasteiger partial charge is 0.493 e. The van der Waals surface area contributed by atoms with Crippen LogP contribution in [0.3, 0.4) is 0 Å². The first-order chi connectivity index (χ1) is 15.4. The van der Waals surface area contributed by atoms with Crippen LogP contribution in [0.5, 0.6) is 5.75 Å². The quantitative estimate of drug-likeness (QED) is 0.250. The number of benzene rings is 3. The summed E-state index contributed by atoms with van der Waals surface area (Å²) in [6, 6.07) is 17.5. The minimum atomic E-state index is -4.52. The standard InChI is InChI=1S/C24H21F3N2O2S/c1-32-29-23(30)22-17(21-18(24(25,26)27)11-5-12-19(21)28-22)10-6-14-31-20-13-4-8-15-7-2-3-9-16(15)20/h2-5,7-9,11-13,28H,6,10,14H2,1H3,(H,29,30). The van der Waals surface area contributed by atoms with Gasteiger partial charge in [-0.3, -0.25) is 9.52 Å². The number of nitrogens with one attached hydrogen (secondary N) is 2. The summed E-state index contributed by atoms with van der Waals surface area (Å²) in [4.78, 5) is 15.4. The van der Waals surface area contributed by atoms with Crippen molar-refractivity contribution in [3.63, 3.8) is 0 Å². The Morgan fingerprint density at radius 1 is 1.06 bits per heavy atom. The van der Waals surface area contributed by atoms with Crippen LogP contribution in [0.2, 0.25) is 0 Å². The van der Waals surface area contributed by atoms with Gasteiger partial charge in [0.25, 0.3) is 5.91 Å². The number of H-pyrrole nitrogens is 1. The van der Waals surface area contributed by atoms with Gasteiger partial charge in [0, 0.05) is 22.5 Å². The van der Waals surface area contributed by atoms with Crippen LogP contribution >= 0.6 is 11.9 Å². The fourth-order valence-corrected chi connectivity index (χ4v) is 4.18. The van der Waals surface area contributed by atoms with Crippen molar-refractivity contribution in [2.24, 2.45) is 0 Å². The predicted molar refractivity (Wildman–Crippen MR) is 122 cm³/mol. The van der Waals surface area contributed by atoms with Crippen LogP contribution in [-0.4, -0.2) is 23.8 Å². The number of hydrogen-bond acceptors (Lipinski definition) is 3. The normalized spacial score (nSPS) is 11.8. The molecule has 32 heavy (non-hydrogen) atoms. The number of carbonyl (C=O) groups is 1. The van der Waals surface area contributed by atoms with Gasteiger partial charge >= 0.3 is 6.18 Å². The molecule has 0 spiro atoms. The third-order valence-corrected chi connectivity index (χ3v) is 5.62. The average Bonchev–Trinajstić information content (AvgIpc) is 3.15. The molecule has 0 saturated carbocycles. The number of amides is 1. The minimum absolute atomic E-state index is 0.0383. The number of ether oxygens (including phenoxy) is 1. The lowest BCUT2D eigenvalue weighted by atomic mass is 10.0. The summed E-state index contributed by atoms with van der Waals surface area (Å²) >= 11 is 1.09. The summed E-state index contributed by atoms with van der Waals surface area (Å²) in [5, 5.41) is 2.06. The van der Waals surface area contributed by atoms with E-state index in [0.29, 0.717) is 18.6 Å². The number of aromatic nitrogens is 1. The van der Waals surface area contributed by atoms with Crippen LogP contribution < -0.4 is 9.46 Å². The molecule has 4 nitrogen and oxygen atoms in total. The fraction of sp³-hybridized carbons (Fsp3) is 0.208. The van der Waals surface area contributed by atoms with Crippen molar-refractivity contribution in [2.45, 2.75) is 19.0 Å². The van der Waals surface area contributed by atoms with Gasteiger partial charge in [-0.25, -0.2) is 0 Å². The molecule has 0 aliphatic heterocycles.